The molecule has 8 heteroatoms. The van der Waals surface area contributed by atoms with Gasteiger partial charge in [0.05, 0.1) is 6.10 Å². The molecular formula is C51H98O6Si2. The molecule has 0 unspecified atom stereocenters. The van der Waals surface area contributed by atoms with Crippen molar-refractivity contribution in [1.82, 2.24) is 0 Å². The molecule has 0 heterocycles. The Bertz CT molecular complexity index is 1450. The van der Waals surface area contributed by atoms with Crippen LogP contribution >= 0.6 is 0 Å². The Hall–Kier alpha value is -0.0962. The molecule has 6 fully saturated rings. The number of Topliss-reactive ketones (excluding diaryl/α,β-unsaturated/α-hetero) is 1. The minimum absolute atomic E-state index is 0. The molecule has 0 aliphatic heterocycles. The van der Waals surface area contributed by atoms with Crippen molar-refractivity contribution in [2.75, 3.05) is 13.2 Å². The van der Waals surface area contributed by atoms with E-state index in [1.54, 1.807) is 0 Å². The number of carbonyl (C=O) groups is 1. The molecule has 0 aromatic carbocycles. The van der Waals surface area contributed by atoms with Crippen LogP contribution in [-0.4, -0.2) is 69.3 Å². The summed E-state index contributed by atoms with van der Waals surface area (Å²) in [5.74, 6) is 6.30. The fourth-order valence-electron chi connectivity index (χ4n) is 15.2. The van der Waals surface area contributed by atoms with Crippen LogP contribution in [0.25, 0.3) is 0 Å². The van der Waals surface area contributed by atoms with E-state index in [2.05, 4.69) is 123 Å². The van der Waals surface area contributed by atoms with Crippen LogP contribution in [0.5, 0.6) is 0 Å². The third kappa shape index (κ3) is 9.52. The molecule has 346 valence electrons. The maximum absolute atomic E-state index is 12.9. The molecular weight excluding hydrogens is 765 g/mol. The van der Waals surface area contributed by atoms with Gasteiger partial charge in [-0.25, -0.2) is 0 Å². The van der Waals surface area contributed by atoms with Gasteiger partial charge in [0, 0.05) is 43.7 Å². The van der Waals surface area contributed by atoms with Crippen LogP contribution in [0.2, 0.25) is 36.3 Å². The van der Waals surface area contributed by atoms with Crippen molar-refractivity contribution in [3.05, 3.63) is 0 Å². The van der Waals surface area contributed by atoms with E-state index in [1.807, 2.05) is 0 Å². The summed E-state index contributed by atoms with van der Waals surface area (Å²) in [5, 5.41) is 32.3. The molecule has 0 radical (unpaired) electrons. The first-order chi connectivity index (χ1) is 26.3. The number of fused-ring (bicyclic) bond motifs is 6. The fourth-order valence-corrected chi connectivity index (χ4v) is 17.9. The van der Waals surface area contributed by atoms with Gasteiger partial charge >= 0.3 is 0 Å². The minimum atomic E-state index is -1.95. The number of rotatable bonds is 6. The number of hydrogen-bond acceptors (Lipinski definition) is 6. The fraction of sp³-hybridized carbons (Fsp3) is 0.980. The molecule has 6 saturated carbocycles. The summed E-state index contributed by atoms with van der Waals surface area (Å²) in [6.07, 6.45) is 10.1. The van der Waals surface area contributed by atoms with Crippen molar-refractivity contribution in [2.45, 2.75) is 223 Å². The highest BCUT2D eigenvalue weighted by Crippen LogP contribution is 2.67. The first-order valence-corrected chi connectivity index (χ1v) is 29.9. The second-order valence-corrected chi connectivity index (χ2v) is 36.0. The van der Waals surface area contributed by atoms with Crippen LogP contribution in [0.15, 0.2) is 0 Å². The smallest absolute Gasteiger partial charge is 0.192 e. The molecule has 0 aromatic rings. The van der Waals surface area contributed by atoms with Crippen molar-refractivity contribution in [2.24, 2.45) is 80.8 Å². The average molecular weight is 864 g/mol. The van der Waals surface area contributed by atoms with Crippen molar-refractivity contribution >= 4 is 22.4 Å². The van der Waals surface area contributed by atoms with Gasteiger partial charge < -0.3 is 24.2 Å². The van der Waals surface area contributed by atoms with Gasteiger partial charge in [-0.05, 0) is 163 Å². The quantitative estimate of drug-likeness (QED) is 0.230. The van der Waals surface area contributed by atoms with E-state index in [4.69, 9.17) is 8.85 Å². The Labute approximate surface area is 367 Å². The van der Waals surface area contributed by atoms with E-state index in [-0.39, 0.29) is 76.6 Å². The Kier molecular flexibility index (Phi) is 15.2. The summed E-state index contributed by atoms with van der Waals surface area (Å²) in [7, 11) is -3.88. The maximum Gasteiger partial charge on any atom is 0.192 e. The standard InChI is InChI=1S/C25H48O3Si.C25H46O3Si.CH4/c2*1-16-10-17(2)19-12-21(28-29(8,9)23(3,4)5)22-24(6,15-26)13-18(27)14-25(22,7)20(19)11-16;/h16-22,26-27H,10-15H2,1-9H3;16-17,19-22,26H,10-15H2,1-9H3;1H4/t16-,17+,18-,19+,20+,21-,22+,24-,25-;16-,17+,19+,20+,21-,22+,24-,25-;/m00./s1. The van der Waals surface area contributed by atoms with Crippen LogP contribution in [0, 0.1) is 80.8 Å². The Morgan fingerprint density at radius 2 is 1.00 bits per heavy atom. The third-order valence-electron chi connectivity index (χ3n) is 19.5. The van der Waals surface area contributed by atoms with E-state index in [1.165, 1.54) is 25.7 Å². The monoisotopic (exact) mass is 863 g/mol. The summed E-state index contributed by atoms with van der Waals surface area (Å²) in [6.45, 7) is 42.5. The molecule has 3 N–H and O–H groups in total. The number of hydrogen-bond donors (Lipinski definition) is 3. The summed E-state index contributed by atoms with van der Waals surface area (Å²) in [6, 6.07) is 0. The van der Waals surface area contributed by atoms with E-state index in [0.29, 0.717) is 66.5 Å². The zero-order valence-corrected chi connectivity index (χ0v) is 43.1. The van der Waals surface area contributed by atoms with Gasteiger partial charge in [0.25, 0.3) is 0 Å². The predicted octanol–water partition coefficient (Wildman–Crippen LogP) is 12.6. The number of ketones is 1. The van der Waals surface area contributed by atoms with Gasteiger partial charge in [-0.1, -0.05) is 104 Å². The van der Waals surface area contributed by atoms with Gasteiger partial charge in [0.2, 0.25) is 0 Å². The largest absolute Gasteiger partial charge is 0.414 e. The van der Waals surface area contributed by atoms with Gasteiger partial charge in [0.1, 0.15) is 5.78 Å². The molecule has 0 bridgehead atoms. The van der Waals surface area contributed by atoms with Crippen LogP contribution in [0.4, 0.5) is 0 Å². The van der Waals surface area contributed by atoms with E-state index in [9.17, 15) is 20.1 Å². The lowest BCUT2D eigenvalue weighted by Gasteiger charge is -2.66. The predicted molar refractivity (Wildman–Crippen MR) is 252 cm³/mol. The molecule has 0 spiro atoms. The summed E-state index contributed by atoms with van der Waals surface area (Å²) < 4.78 is 14.3. The van der Waals surface area contributed by atoms with E-state index in [0.717, 1.165) is 31.1 Å². The lowest BCUT2D eigenvalue weighted by atomic mass is 9.42. The molecule has 6 rings (SSSR count). The molecule has 0 amide bonds. The van der Waals surface area contributed by atoms with Crippen LogP contribution in [0.3, 0.4) is 0 Å². The van der Waals surface area contributed by atoms with Gasteiger partial charge in [-0.2, -0.15) is 0 Å². The molecule has 6 aliphatic rings. The second-order valence-electron chi connectivity index (χ2n) is 26.5. The zero-order valence-electron chi connectivity index (χ0n) is 41.1. The first kappa shape index (κ1) is 51.5. The van der Waals surface area contributed by atoms with Crippen molar-refractivity contribution in [3.8, 4) is 0 Å². The lowest BCUT2D eigenvalue weighted by Crippen LogP contribution is -2.65. The van der Waals surface area contributed by atoms with Crippen LogP contribution < -0.4 is 0 Å². The number of aliphatic hydroxyl groups is 3. The molecule has 0 aromatic heterocycles. The highest BCUT2D eigenvalue weighted by atomic mass is 28.4. The van der Waals surface area contributed by atoms with Gasteiger partial charge in [-0.15, -0.1) is 0 Å². The average Bonchev–Trinajstić information content (AvgIpc) is 3.04. The second kappa shape index (κ2) is 17.4. The Morgan fingerprint density at radius 3 is 1.39 bits per heavy atom. The molecule has 17 atom stereocenters. The van der Waals surface area contributed by atoms with Gasteiger partial charge in [0.15, 0.2) is 16.6 Å². The van der Waals surface area contributed by atoms with Crippen molar-refractivity contribution in [3.63, 3.8) is 0 Å². The zero-order chi connectivity index (χ0) is 44.0. The molecule has 0 saturated heterocycles. The summed E-state index contributed by atoms with van der Waals surface area (Å²) in [5.41, 5.74) is -0.667. The summed E-state index contributed by atoms with van der Waals surface area (Å²) >= 11 is 0. The Balaban J connectivity index is 0.000000256. The minimum Gasteiger partial charge on any atom is -0.414 e. The molecule has 59 heavy (non-hydrogen) atoms. The Morgan fingerprint density at radius 1 is 0.610 bits per heavy atom. The topological polar surface area (TPSA) is 96.2 Å². The van der Waals surface area contributed by atoms with Crippen molar-refractivity contribution in [1.29, 1.82) is 0 Å². The normalized spacial score (nSPS) is 46.7. The maximum atomic E-state index is 12.9. The SMILES string of the molecule is C.C[C@H]1C[C@@H](C)[C@H]2C[C@H](O[Si](C)(C)C(C)(C)C)[C@@H]3[C@](C)(CO)CC(=O)C[C@@]3(C)[C@@H]2C1.C[C@H]1C[C@@H](C)[C@H]2C[C@H](O[Si](C)(C)C(C)(C)C)[C@@H]3[C@](C)(CO)C[C@H](O)C[C@@]3(C)[C@@H]2C1. The molecule has 6 aliphatic carbocycles. The van der Waals surface area contributed by atoms with Crippen LogP contribution in [-0.2, 0) is 13.6 Å². The van der Waals surface area contributed by atoms with Gasteiger partial charge in [-0.3, -0.25) is 4.79 Å². The first-order valence-electron chi connectivity index (χ1n) is 24.1. The molecule has 6 nitrogen and oxygen atoms in total. The summed E-state index contributed by atoms with van der Waals surface area (Å²) in [4.78, 5) is 12.9. The van der Waals surface area contributed by atoms with Crippen LogP contribution in [0.1, 0.15) is 169 Å². The third-order valence-corrected chi connectivity index (χ3v) is 28.5. The lowest BCUT2D eigenvalue weighted by molar-refractivity contribution is -0.210. The van der Waals surface area contributed by atoms with E-state index >= 15 is 0 Å². The van der Waals surface area contributed by atoms with E-state index < -0.39 is 16.6 Å². The highest BCUT2D eigenvalue weighted by Gasteiger charge is 2.65. The van der Waals surface area contributed by atoms with Crippen molar-refractivity contribution < 1.29 is 29.0 Å². The highest BCUT2D eigenvalue weighted by molar-refractivity contribution is 6.74. The number of carbonyl (C=O) groups excluding carboxylic acids is 1. The number of aliphatic hydroxyl groups excluding tert-OH is 3.